The summed E-state index contributed by atoms with van der Waals surface area (Å²) in [6, 6.07) is 9.98. The molecule has 0 aliphatic carbocycles. The van der Waals surface area contributed by atoms with Gasteiger partial charge in [-0.05, 0) is 37.8 Å². The summed E-state index contributed by atoms with van der Waals surface area (Å²) >= 11 is 1.44. The van der Waals surface area contributed by atoms with Crippen LogP contribution in [0.2, 0.25) is 0 Å². The number of rotatable bonds is 6. The Bertz CT molecular complexity index is 1190. The maximum absolute atomic E-state index is 13.1. The first kappa shape index (κ1) is 19.5. The number of aryl methyl sites for hydroxylation is 3. The average molecular weight is 409 g/mol. The molecule has 0 aliphatic heterocycles. The molecule has 29 heavy (non-hydrogen) atoms. The summed E-state index contributed by atoms with van der Waals surface area (Å²) in [5, 5.41) is 12.3. The van der Waals surface area contributed by atoms with Crippen molar-refractivity contribution in [3.05, 3.63) is 53.5 Å². The Morgan fingerprint density at radius 3 is 2.79 bits per heavy atom. The van der Waals surface area contributed by atoms with Crippen molar-refractivity contribution in [2.24, 2.45) is 0 Å². The molecule has 3 aromatic heterocycles. The lowest BCUT2D eigenvalue weighted by molar-refractivity contribution is -0.115. The number of nitrogens with zero attached hydrogens (tertiary/aromatic N) is 3. The van der Waals surface area contributed by atoms with Crippen LogP contribution >= 0.6 is 11.8 Å². The summed E-state index contributed by atoms with van der Waals surface area (Å²) in [5.74, 6) is 0.767. The van der Waals surface area contributed by atoms with E-state index < -0.39 is 0 Å². The van der Waals surface area contributed by atoms with E-state index in [4.69, 9.17) is 4.42 Å². The summed E-state index contributed by atoms with van der Waals surface area (Å²) < 4.78 is 7.57. The number of aromatic nitrogens is 3. The van der Waals surface area contributed by atoms with E-state index >= 15 is 0 Å². The summed E-state index contributed by atoms with van der Waals surface area (Å²) in [5.41, 5.74) is 5.78. The second-order valence-electron chi connectivity index (χ2n) is 7.05. The SMILES string of the molecule is CCc1cccc(C)c1NC(=O)C(CC)Sc1nnc(C)n2c1cc1occc12. The fourth-order valence-corrected chi connectivity index (χ4v) is 4.55. The van der Waals surface area contributed by atoms with Crippen LogP contribution in [0.25, 0.3) is 16.6 Å². The number of anilines is 1. The molecule has 150 valence electrons. The molecule has 0 saturated heterocycles. The average Bonchev–Trinajstić information content (AvgIpc) is 3.30. The van der Waals surface area contributed by atoms with Gasteiger partial charge in [0.25, 0.3) is 0 Å². The minimum Gasteiger partial charge on any atom is -0.463 e. The molecule has 0 fully saturated rings. The van der Waals surface area contributed by atoms with E-state index in [9.17, 15) is 4.79 Å². The summed E-state index contributed by atoms with van der Waals surface area (Å²) in [4.78, 5) is 13.1. The van der Waals surface area contributed by atoms with E-state index in [0.717, 1.165) is 50.7 Å². The zero-order chi connectivity index (χ0) is 20.5. The molecule has 1 unspecified atom stereocenters. The molecule has 0 bridgehead atoms. The van der Waals surface area contributed by atoms with E-state index in [0.29, 0.717) is 6.42 Å². The van der Waals surface area contributed by atoms with Crippen molar-refractivity contribution in [2.75, 3.05) is 5.32 Å². The number of hydrogen-bond donors (Lipinski definition) is 1. The number of hydrogen-bond acceptors (Lipinski definition) is 5. The fourth-order valence-electron chi connectivity index (χ4n) is 3.59. The third kappa shape index (κ3) is 3.51. The summed E-state index contributed by atoms with van der Waals surface area (Å²) in [6.45, 7) is 8.04. The third-order valence-electron chi connectivity index (χ3n) is 5.16. The normalized spacial score (nSPS) is 12.6. The van der Waals surface area contributed by atoms with Crippen molar-refractivity contribution in [1.29, 1.82) is 0 Å². The van der Waals surface area contributed by atoms with Gasteiger partial charge in [-0.2, -0.15) is 0 Å². The Morgan fingerprint density at radius 2 is 2.03 bits per heavy atom. The number of carbonyl (C=O) groups is 1. The lowest BCUT2D eigenvalue weighted by Crippen LogP contribution is -2.26. The zero-order valence-electron chi connectivity index (χ0n) is 17.0. The maximum atomic E-state index is 13.1. The molecule has 1 N–H and O–H groups in total. The van der Waals surface area contributed by atoms with Gasteiger partial charge in [-0.15, -0.1) is 10.2 Å². The van der Waals surface area contributed by atoms with Crippen LogP contribution in [0.3, 0.4) is 0 Å². The van der Waals surface area contributed by atoms with E-state index in [1.165, 1.54) is 11.8 Å². The number of fused-ring (bicyclic) bond motifs is 3. The van der Waals surface area contributed by atoms with Crippen LogP contribution in [0.4, 0.5) is 5.69 Å². The van der Waals surface area contributed by atoms with Crippen molar-refractivity contribution in [3.63, 3.8) is 0 Å². The second-order valence-corrected chi connectivity index (χ2v) is 8.25. The van der Waals surface area contributed by atoms with Crippen LogP contribution in [0.5, 0.6) is 0 Å². The molecule has 0 radical (unpaired) electrons. The van der Waals surface area contributed by atoms with Gasteiger partial charge in [0.15, 0.2) is 5.58 Å². The number of nitrogens with one attached hydrogen (secondary N) is 1. The molecule has 1 amide bonds. The molecule has 4 rings (SSSR count). The number of benzene rings is 1. The molecular weight excluding hydrogens is 384 g/mol. The van der Waals surface area contributed by atoms with Crippen molar-refractivity contribution in [3.8, 4) is 0 Å². The van der Waals surface area contributed by atoms with E-state index in [1.807, 2.05) is 49.4 Å². The molecule has 1 aromatic carbocycles. The first-order valence-electron chi connectivity index (χ1n) is 9.81. The van der Waals surface area contributed by atoms with Crippen LogP contribution in [0.1, 0.15) is 37.2 Å². The molecule has 0 spiro atoms. The summed E-state index contributed by atoms with van der Waals surface area (Å²) in [7, 11) is 0. The van der Waals surface area contributed by atoms with Crippen LogP contribution in [0.15, 0.2) is 46.0 Å². The van der Waals surface area contributed by atoms with E-state index in [1.54, 1.807) is 6.26 Å². The van der Waals surface area contributed by atoms with Gasteiger partial charge in [0.05, 0.1) is 22.5 Å². The predicted molar refractivity (Wildman–Crippen MR) is 117 cm³/mol. The van der Waals surface area contributed by atoms with Gasteiger partial charge >= 0.3 is 0 Å². The number of carbonyl (C=O) groups excluding carboxylic acids is 1. The highest BCUT2D eigenvalue weighted by Crippen LogP contribution is 2.32. The number of thioether (sulfide) groups is 1. The Kier molecular flexibility index (Phi) is 5.32. The lowest BCUT2D eigenvalue weighted by Gasteiger charge is -2.18. The standard InChI is InChI=1S/C22H24N4O2S/c1-5-15-9-7-8-13(3)20(15)23-21(27)19(6-2)29-22-17-12-18-16(10-11-28-18)26(17)14(4)24-25-22/h7-12,19H,5-6H2,1-4H3,(H,23,27). The van der Waals surface area contributed by atoms with Crippen molar-refractivity contribution < 1.29 is 9.21 Å². The van der Waals surface area contributed by atoms with Crippen LogP contribution < -0.4 is 5.32 Å². The van der Waals surface area contributed by atoms with Crippen LogP contribution in [-0.2, 0) is 11.2 Å². The van der Waals surface area contributed by atoms with Gasteiger partial charge < -0.3 is 9.73 Å². The lowest BCUT2D eigenvalue weighted by atomic mass is 10.1. The quantitative estimate of drug-likeness (QED) is 0.446. The summed E-state index contributed by atoms with van der Waals surface area (Å²) in [6.07, 6.45) is 3.22. The zero-order valence-corrected chi connectivity index (χ0v) is 17.8. The van der Waals surface area contributed by atoms with Gasteiger partial charge in [0.1, 0.15) is 10.9 Å². The Labute approximate surface area is 173 Å². The van der Waals surface area contributed by atoms with Gasteiger partial charge in [-0.3, -0.25) is 9.20 Å². The highest BCUT2D eigenvalue weighted by molar-refractivity contribution is 8.00. The van der Waals surface area contributed by atoms with Crippen molar-refractivity contribution >= 4 is 40.0 Å². The molecular formula is C22H24N4O2S. The molecule has 6 nitrogen and oxygen atoms in total. The number of para-hydroxylation sites is 1. The molecule has 1 atom stereocenters. The van der Waals surface area contributed by atoms with Gasteiger partial charge in [-0.25, -0.2) is 0 Å². The maximum Gasteiger partial charge on any atom is 0.237 e. The smallest absolute Gasteiger partial charge is 0.237 e. The largest absolute Gasteiger partial charge is 0.463 e. The third-order valence-corrected chi connectivity index (χ3v) is 6.50. The monoisotopic (exact) mass is 408 g/mol. The fraction of sp³-hybridized carbons (Fsp3) is 0.318. The number of amides is 1. The Morgan fingerprint density at radius 1 is 1.21 bits per heavy atom. The topological polar surface area (TPSA) is 72.4 Å². The predicted octanol–water partition coefficient (Wildman–Crippen LogP) is 5.16. The molecule has 7 heteroatoms. The van der Waals surface area contributed by atoms with E-state index in [-0.39, 0.29) is 11.2 Å². The van der Waals surface area contributed by atoms with Gasteiger partial charge in [-0.1, -0.05) is 43.8 Å². The Hall–Kier alpha value is -2.80. The minimum atomic E-state index is -0.277. The first-order chi connectivity index (χ1) is 14.0. The van der Waals surface area contributed by atoms with E-state index in [2.05, 4.69) is 28.5 Å². The minimum absolute atomic E-state index is 0.0164. The molecule has 3 heterocycles. The highest BCUT2D eigenvalue weighted by Gasteiger charge is 2.23. The Balaban J connectivity index is 1.64. The second kappa shape index (κ2) is 7.91. The number of furan rings is 1. The van der Waals surface area contributed by atoms with Crippen LogP contribution in [0, 0.1) is 13.8 Å². The van der Waals surface area contributed by atoms with Gasteiger partial charge in [0.2, 0.25) is 5.91 Å². The highest BCUT2D eigenvalue weighted by atomic mass is 32.2. The molecule has 0 saturated carbocycles. The van der Waals surface area contributed by atoms with Crippen LogP contribution in [-0.4, -0.2) is 25.8 Å². The van der Waals surface area contributed by atoms with Crippen molar-refractivity contribution in [1.82, 2.24) is 14.6 Å². The molecule has 4 aromatic rings. The molecule has 0 aliphatic rings. The van der Waals surface area contributed by atoms with Gasteiger partial charge in [0, 0.05) is 17.8 Å². The van der Waals surface area contributed by atoms with Crippen molar-refractivity contribution in [2.45, 2.75) is 50.8 Å². The first-order valence-corrected chi connectivity index (χ1v) is 10.7.